The summed E-state index contributed by atoms with van der Waals surface area (Å²) in [7, 11) is 0. The van der Waals surface area contributed by atoms with Crippen molar-refractivity contribution in [2.45, 2.75) is 0 Å². The number of nitrogens with zero attached hydrogens (tertiary/aromatic N) is 2. The van der Waals surface area contributed by atoms with Crippen molar-refractivity contribution in [2.24, 2.45) is 0 Å². The number of aromatic nitrogens is 4. The number of ketones is 2. The number of aromatic amines is 2. The molecule has 4 aromatic carbocycles. The van der Waals surface area contributed by atoms with Crippen molar-refractivity contribution in [3.63, 3.8) is 0 Å². The molecule has 0 fully saturated rings. The van der Waals surface area contributed by atoms with Crippen LogP contribution in [-0.2, 0) is 0 Å². The van der Waals surface area contributed by atoms with Crippen molar-refractivity contribution in [3.8, 4) is 11.1 Å². The van der Waals surface area contributed by atoms with Crippen molar-refractivity contribution >= 4 is 66.0 Å². The Hall–Kier alpha value is -5.95. The molecule has 7 nitrogen and oxygen atoms in total. The fourth-order valence-electron chi connectivity index (χ4n) is 6.61. The van der Waals surface area contributed by atoms with Crippen LogP contribution < -0.4 is 5.43 Å². The monoisotopic (exact) mass is 542 g/mol. The average molecular weight is 543 g/mol. The third kappa shape index (κ3) is 2.81. The van der Waals surface area contributed by atoms with Gasteiger partial charge in [0.2, 0.25) is 17.0 Å². The Bertz CT molecular complexity index is 2590. The van der Waals surface area contributed by atoms with Gasteiger partial charge in [0.05, 0.1) is 27.7 Å². The average Bonchev–Trinajstić information content (AvgIpc) is 3.04. The van der Waals surface area contributed by atoms with Gasteiger partial charge in [-0.1, -0.05) is 48.5 Å². The molecule has 196 valence electrons. The minimum atomic E-state index is -0.352. The van der Waals surface area contributed by atoms with Crippen molar-refractivity contribution in [3.05, 3.63) is 130 Å². The highest BCUT2D eigenvalue weighted by atomic mass is 16.1. The normalized spacial score (nSPS) is 13.0. The predicted molar refractivity (Wildman–Crippen MR) is 163 cm³/mol. The highest BCUT2D eigenvalue weighted by Crippen LogP contribution is 2.44. The van der Waals surface area contributed by atoms with Crippen LogP contribution >= 0.6 is 0 Å². The highest BCUT2D eigenvalue weighted by Gasteiger charge is 2.36. The Kier molecular flexibility index (Phi) is 4.37. The molecule has 1 aliphatic carbocycles. The summed E-state index contributed by atoms with van der Waals surface area (Å²) >= 11 is 0. The lowest BCUT2D eigenvalue weighted by Crippen LogP contribution is -2.24. The maximum Gasteiger partial charge on any atom is 0.215 e. The molecule has 0 aliphatic heterocycles. The Balaban J connectivity index is 1.55. The van der Waals surface area contributed by atoms with Gasteiger partial charge in [-0.15, -0.1) is 0 Å². The number of hydrogen-bond acceptors (Lipinski definition) is 5. The first-order valence-electron chi connectivity index (χ1n) is 13.6. The molecule has 0 unspecified atom stereocenters. The second-order valence-electron chi connectivity index (χ2n) is 10.5. The lowest BCUT2D eigenvalue weighted by molar-refractivity contribution is 0.0972. The van der Waals surface area contributed by atoms with Gasteiger partial charge in [0.15, 0.2) is 0 Å². The summed E-state index contributed by atoms with van der Waals surface area (Å²) in [5.41, 5.74) is 4.48. The van der Waals surface area contributed by atoms with Gasteiger partial charge in [-0.3, -0.25) is 19.4 Å². The minimum absolute atomic E-state index is 0.107. The number of pyridine rings is 4. The smallest absolute Gasteiger partial charge is 0.215 e. The van der Waals surface area contributed by atoms with Gasteiger partial charge in [0.25, 0.3) is 0 Å². The summed E-state index contributed by atoms with van der Waals surface area (Å²) in [5, 5.41) is 4.68. The lowest BCUT2D eigenvalue weighted by atomic mass is 9.82. The maximum absolute atomic E-state index is 14.2. The molecular weight excluding hydrogens is 524 g/mol. The van der Waals surface area contributed by atoms with Crippen molar-refractivity contribution < 1.29 is 9.59 Å². The van der Waals surface area contributed by atoms with E-state index in [4.69, 9.17) is 4.98 Å². The second-order valence-corrected chi connectivity index (χ2v) is 10.5. The number of H-pyrrole nitrogens is 2. The highest BCUT2D eigenvalue weighted by molar-refractivity contribution is 6.34. The van der Waals surface area contributed by atoms with Gasteiger partial charge in [-0.25, -0.2) is 4.98 Å². The largest absolute Gasteiger partial charge is 0.361 e. The van der Waals surface area contributed by atoms with Crippen molar-refractivity contribution in [1.29, 1.82) is 0 Å². The SMILES string of the molecule is O=C1c2cccnc2C(=O)c2c1nc1ccccc1c2-c1ccc2c3ccccc3[nH]c3c(=O)c4ccc[nH]c4c1c32. The van der Waals surface area contributed by atoms with E-state index in [9.17, 15) is 14.4 Å². The number of hydrogen-bond donors (Lipinski definition) is 2. The molecule has 0 saturated heterocycles. The van der Waals surface area contributed by atoms with Crippen LogP contribution in [0.2, 0.25) is 0 Å². The first kappa shape index (κ1) is 22.8. The van der Waals surface area contributed by atoms with Crippen LogP contribution in [-0.4, -0.2) is 31.5 Å². The summed E-state index contributed by atoms with van der Waals surface area (Å²) in [5.74, 6) is -0.688. The Labute approximate surface area is 236 Å². The van der Waals surface area contributed by atoms with Crippen LogP contribution in [0.25, 0.3) is 65.5 Å². The third-order valence-electron chi connectivity index (χ3n) is 8.38. The topological polar surface area (TPSA) is 109 Å². The molecule has 1 aliphatic rings. The predicted octanol–water partition coefficient (Wildman–Crippen LogP) is 6.70. The van der Waals surface area contributed by atoms with E-state index in [-0.39, 0.29) is 39.5 Å². The Morgan fingerprint density at radius 3 is 2.29 bits per heavy atom. The maximum atomic E-state index is 14.2. The Morgan fingerprint density at radius 1 is 0.571 bits per heavy atom. The molecule has 42 heavy (non-hydrogen) atoms. The van der Waals surface area contributed by atoms with E-state index in [1.165, 1.54) is 6.20 Å². The molecule has 0 saturated carbocycles. The van der Waals surface area contributed by atoms with E-state index in [2.05, 4.69) is 15.0 Å². The number of carbonyl (C=O) groups is 2. The van der Waals surface area contributed by atoms with Crippen LogP contribution in [0, 0.1) is 0 Å². The van der Waals surface area contributed by atoms with Crippen molar-refractivity contribution in [1.82, 2.24) is 19.9 Å². The molecule has 4 aromatic heterocycles. The number of para-hydroxylation sites is 2. The van der Waals surface area contributed by atoms with Crippen LogP contribution in [0.5, 0.6) is 0 Å². The molecule has 4 heterocycles. The molecule has 0 amide bonds. The molecule has 8 aromatic rings. The number of carbonyl (C=O) groups excluding carboxylic acids is 2. The zero-order valence-corrected chi connectivity index (χ0v) is 21.9. The van der Waals surface area contributed by atoms with E-state index in [0.29, 0.717) is 27.5 Å². The molecule has 2 N–H and O–H groups in total. The van der Waals surface area contributed by atoms with E-state index in [1.807, 2.05) is 60.7 Å². The Morgan fingerprint density at radius 2 is 1.38 bits per heavy atom. The number of nitrogens with one attached hydrogen (secondary N) is 2. The number of rotatable bonds is 1. The number of benzene rings is 4. The van der Waals surface area contributed by atoms with Gasteiger partial charge in [0.1, 0.15) is 11.4 Å². The zero-order chi connectivity index (χ0) is 28.1. The fourth-order valence-corrected chi connectivity index (χ4v) is 6.61. The molecular formula is C35H18N4O3. The molecule has 0 radical (unpaired) electrons. The van der Waals surface area contributed by atoms with E-state index in [0.717, 1.165) is 38.0 Å². The van der Waals surface area contributed by atoms with E-state index >= 15 is 0 Å². The van der Waals surface area contributed by atoms with Gasteiger partial charge >= 0.3 is 0 Å². The molecule has 0 spiro atoms. The fraction of sp³-hybridized carbons (Fsp3) is 0. The first-order chi connectivity index (χ1) is 20.6. The standard InChI is InChI=1S/C35H18N4O3/c40-33-21-9-5-15-36-29(21)27-20(14-13-18-17-7-1-3-11-23(17)38-31(33)26(18)27)25-19-8-2-4-12-24(19)39-32-28(25)35(42)30-22(34(32)41)10-6-16-37-30/h1-16,36,38H. The summed E-state index contributed by atoms with van der Waals surface area (Å²) in [6.07, 6.45) is 3.31. The van der Waals surface area contributed by atoms with Crippen LogP contribution in [0.1, 0.15) is 32.1 Å². The van der Waals surface area contributed by atoms with E-state index < -0.39 is 0 Å². The van der Waals surface area contributed by atoms with Gasteiger partial charge < -0.3 is 9.97 Å². The summed E-state index contributed by atoms with van der Waals surface area (Å²) in [4.78, 5) is 57.6. The minimum Gasteiger partial charge on any atom is -0.361 e. The quantitative estimate of drug-likeness (QED) is 0.177. The van der Waals surface area contributed by atoms with Crippen molar-refractivity contribution in [2.75, 3.05) is 0 Å². The summed E-state index contributed by atoms with van der Waals surface area (Å²) in [6.45, 7) is 0. The van der Waals surface area contributed by atoms with Crippen LogP contribution in [0.15, 0.2) is 102 Å². The lowest BCUT2D eigenvalue weighted by Gasteiger charge is -2.22. The molecule has 0 bridgehead atoms. The summed E-state index contributed by atoms with van der Waals surface area (Å²) < 4.78 is 0. The molecule has 9 rings (SSSR count). The second kappa shape index (κ2) is 8.05. The number of fused-ring (bicyclic) bond motifs is 7. The van der Waals surface area contributed by atoms with Gasteiger partial charge in [-0.05, 0) is 47.3 Å². The van der Waals surface area contributed by atoms with Crippen LogP contribution in [0.3, 0.4) is 0 Å². The van der Waals surface area contributed by atoms with E-state index in [1.54, 1.807) is 30.5 Å². The van der Waals surface area contributed by atoms with Gasteiger partial charge in [0, 0.05) is 50.4 Å². The first-order valence-corrected chi connectivity index (χ1v) is 13.6. The molecule has 0 atom stereocenters. The third-order valence-corrected chi connectivity index (χ3v) is 8.38. The van der Waals surface area contributed by atoms with Gasteiger partial charge in [-0.2, -0.15) is 0 Å². The van der Waals surface area contributed by atoms with Crippen LogP contribution in [0.4, 0.5) is 0 Å². The molecule has 7 heteroatoms. The summed E-state index contributed by atoms with van der Waals surface area (Å²) in [6, 6.07) is 26.3. The zero-order valence-electron chi connectivity index (χ0n) is 21.9.